The highest BCUT2D eigenvalue weighted by molar-refractivity contribution is 5.85. The Balaban J connectivity index is 0.000000963. The molecular weight excluding hydrogens is 196 g/mol. The van der Waals surface area contributed by atoms with E-state index in [1.807, 2.05) is 12.1 Å². The molecule has 0 amide bonds. The zero-order chi connectivity index (χ0) is 10.1. The summed E-state index contributed by atoms with van der Waals surface area (Å²) in [4.78, 5) is 3.41. The molecule has 0 unspecified atom stereocenters. The molecule has 0 aliphatic heterocycles. The summed E-state index contributed by atoms with van der Waals surface area (Å²) in [6.07, 6.45) is 0. The SMILES string of the molecule is [N].c1ccc(-c2cc3ccccc3[nH]2)cc1. The van der Waals surface area contributed by atoms with E-state index in [9.17, 15) is 0 Å². The van der Waals surface area contributed by atoms with Gasteiger partial charge in [-0.25, -0.2) is 0 Å². The maximum atomic E-state index is 3.41. The Morgan fingerprint density at radius 1 is 0.750 bits per heavy atom. The molecule has 0 spiro atoms. The molecular formula is C14H11N2. The molecule has 0 atom stereocenters. The Morgan fingerprint density at radius 3 is 2.19 bits per heavy atom. The van der Waals surface area contributed by atoms with Crippen LogP contribution in [0.1, 0.15) is 0 Å². The number of para-hydroxylation sites is 1. The molecule has 0 bridgehead atoms. The maximum Gasteiger partial charge on any atom is 0.0464 e. The number of rotatable bonds is 1. The van der Waals surface area contributed by atoms with Crippen LogP contribution in [-0.4, -0.2) is 4.98 Å². The Bertz CT molecular complexity index is 549. The van der Waals surface area contributed by atoms with Gasteiger partial charge in [0.2, 0.25) is 0 Å². The van der Waals surface area contributed by atoms with Crippen molar-refractivity contribution in [1.29, 1.82) is 0 Å². The molecule has 3 rings (SSSR count). The second-order valence-corrected chi connectivity index (χ2v) is 3.64. The van der Waals surface area contributed by atoms with Crippen LogP contribution in [0, 0.1) is 0 Å². The van der Waals surface area contributed by atoms with Crippen molar-refractivity contribution in [3.05, 3.63) is 60.7 Å². The predicted molar refractivity (Wildman–Crippen MR) is 65.9 cm³/mol. The first-order valence-electron chi connectivity index (χ1n) is 5.07. The number of hydrogen-bond acceptors (Lipinski definition) is 0. The van der Waals surface area contributed by atoms with Gasteiger partial charge in [-0.2, -0.15) is 0 Å². The van der Waals surface area contributed by atoms with Crippen LogP contribution in [-0.2, 0) is 0 Å². The van der Waals surface area contributed by atoms with Crippen molar-refractivity contribution in [2.24, 2.45) is 0 Å². The summed E-state index contributed by atoms with van der Waals surface area (Å²) in [5.41, 5.74) is 3.60. The number of aromatic nitrogens is 1. The molecule has 3 radical (unpaired) electrons. The topological polar surface area (TPSA) is 46.3 Å². The van der Waals surface area contributed by atoms with Crippen LogP contribution in [0.4, 0.5) is 0 Å². The number of benzene rings is 2. The van der Waals surface area contributed by atoms with Crippen molar-refractivity contribution in [3.63, 3.8) is 0 Å². The van der Waals surface area contributed by atoms with E-state index in [0.717, 1.165) is 0 Å². The third-order valence-corrected chi connectivity index (χ3v) is 2.61. The predicted octanol–water partition coefficient (Wildman–Crippen LogP) is 3.35. The smallest absolute Gasteiger partial charge is 0.0464 e. The van der Waals surface area contributed by atoms with Crippen molar-refractivity contribution >= 4 is 10.9 Å². The van der Waals surface area contributed by atoms with E-state index in [2.05, 4.69) is 53.5 Å². The molecule has 1 aromatic heterocycles. The van der Waals surface area contributed by atoms with E-state index in [1.165, 1.54) is 22.2 Å². The van der Waals surface area contributed by atoms with Crippen LogP contribution in [0.25, 0.3) is 22.2 Å². The van der Waals surface area contributed by atoms with Crippen molar-refractivity contribution in [2.45, 2.75) is 0 Å². The van der Waals surface area contributed by atoms with Gasteiger partial charge in [0.05, 0.1) is 0 Å². The summed E-state index contributed by atoms with van der Waals surface area (Å²) in [6.45, 7) is 0. The van der Waals surface area contributed by atoms with Crippen LogP contribution in [0.3, 0.4) is 0 Å². The largest absolute Gasteiger partial charge is 0.355 e. The van der Waals surface area contributed by atoms with E-state index in [4.69, 9.17) is 0 Å². The number of H-pyrrole nitrogens is 1. The molecule has 2 aromatic carbocycles. The normalized spacial score (nSPS) is 10.0. The molecule has 0 saturated carbocycles. The minimum absolute atomic E-state index is 0. The van der Waals surface area contributed by atoms with Crippen molar-refractivity contribution < 1.29 is 0 Å². The Labute approximate surface area is 94.5 Å². The van der Waals surface area contributed by atoms with E-state index >= 15 is 0 Å². The molecule has 16 heavy (non-hydrogen) atoms. The first-order valence-corrected chi connectivity index (χ1v) is 5.07. The van der Waals surface area contributed by atoms with Gasteiger partial charge in [-0.3, -0.25) is 0 Å². The Kier molecular flexibility index (Phi) is 2.75. The summed E-state index contributed by atoms with van der Waals surface area (Å²) < 4.78 is 0. The van der Waals surface area contributed by atoms with Gasteiger partial charge in [-0.05, 0) is 17.7 Å². The first kappa shape index (κ1) is 10.5. The van der Waals surface area contributed by atoms with E-state index in [-0.39, 0.29) is 6.15 Å². The number of fused-ring (bicyclic) bond motifs is 1. The number of hydrogen-bond donors (Lipinski definition) is 1. The monoisotopic (exact) mass is 207 g/mol. The van der Waals surface area contributed by atoms with Crippen LogP contribution in [0.2, 0.25) is 0 Å². The fraction of sp³-hybridized carbons (Fsp3) is 0. The van der Waals surface area contributed by atoms with Crippen molar-refractivity contribution in [2.75, 3.05) is 0 Å². The van der Waals surface area contributed by atoms with Gasteiger partial charge in [0.25, 0.3) is 0 Å². The van der Waals surface area contributed by atoms with Gasteiger partial charge >= 0.3 is 0 Å². The quantitative estimate of drug-likeness (QED) is 0.636. The lowest BCUT2D eigenvalue weighted by Crippen LogP contribution is -1.74. The fourth-order valence-electron chi connectivity index (χ4n) is 1.85. The highest BCUT2D eigenvalue weighted by Crippen LogP contribution is 2.23. The molecule has 77 valence electrons. The molecule has 0 aliphatic carbocycles. The molecule has 2 heteroatoms. The van der Waals surface area contributed by atoms with Crippen LogP contribution in [0.15, 0.2) is 60.7 Å². The molecule has 1 heterocycles. The molecule has 3 aromatic rings. The second-order valence-electron chi connectivity index (χ2n) is 3.64. The third-order valence-electron chi connectivity index (χ3n) is 2.61. The van der Waals surface area contributed by atoms with Crippen molar-refractivity contribution in [1.82, 2.24) is 11.1 Å². The van der Waals surface area contributed by atoms with Gasteiger partial charge < -0.3 is 4.98 Å². The van der Waals surface area contributed by atoms with Gasteiger partial charge in [0, 0.05) is 22.7 Å². The average molecular weight is 207 g/mol. The summed E-state index contributed by atoms with van der Waals surface area (Å²) >= 11 is 0. The van der Waals surface area contributed by atoms with Crippen molar-refractivity contribution in [3.8, 4) is 11.3 Å². The Morgan fingerprint density at radius 2 is 1.44 bits per heavy atom. The molecule has 0 aliphatic rings. The lowest BCUT2D eigenvalue weighted by molar-refractivity contribution is 1.45. The second kappa shape index (κ2) is 4.21. The van der Waals surface area contributed by atoms with Gasteiger partial charge in [0.15, 0.2) is 0 Å². The molecule has 0 saturated heterocycles. The van der Waals surface area contributed by atoms with Gasteiger partial charge in [-0.1, -0.05) is 48.5 Å². The molecule has 1 N–H and O–H groups in total. The van der Waals surface area contributed by atoms with E-state index in [0.29, 0.717) is 0 Å². The Hall–Kier alpha value is -2.06. The highest BCUT2D eigenvalue weighted by Gasteiger charge is 2.00. The van der Waals surface area contributed by atoms with Crippen LogP contribution < -0.4 is 6.15 Å². The first-order chi connectivity index (χ1) is 7.43. The maximum absolute atomic E-state index is 3.41. The zero-order valence-electron chi connectivity index (χ0n) is 8.72. The number of aromatic amines is 1. The minimum Gasteiger partial charge on any atom is -0.355 e. The summed E-state index contributed by atoms with van der Waals surface area (Å²) in [5, 5.41) is 1.26. The summed E-state index contributed by atoms with van der Waals surface area (Å²) in [5.74, 6) is 0. The van der Waals surface area contributed by atoms with E-state index in [1.54, 1.807) is 0 Å². The number of nitrogens with one attached hydrogen (secondary N) is 1. The van der Waals surface area contributed by atoms with Gasteiger partial charge in [0.1, 0.15) is 0 Å². The lowest BCUT2D eigenvalue weighted by atomic mass is 10.1. The summed E-state index contributed by atoms with van der Waals surface area (Å²) in [7, 11) is 0. The summed E-state index contributed by atoms with van der Waals surface area (Å²) in [6, 6.07) is 20.9. The van der Waals surface area contributed by atoms with Gasteiger partial charge in [-0.15, -0.1) is 0 Å². The van der Waals surface area contributed by atoms with E-state index < -0.39 is 0 Å². The standard InChI is InChI=1S/C14H11N.N/c1-2-6-11(7-3-1)14-10-12-8-4-5-9-13(12)15-14;/h1-10,15H;. The highest BCUT2D eigenvalue weighted by atomic mass is 14.7. The lowest BCUT2D eigenvalue weighted by Gasteiger charge is -1.94. The van der Waals surface area contributed by atoms with Crippen LogP contribution in [0.5, 0.6) is 0 Å². The zero-order valence-corrected chi connectivity index (χ0v) is 8.72. The van der Waals surface area contributed by atoms with Crippen LogP contribution >= 0.6 is 0 Å². The fourth-order valence-corrected chi connectivity index (χ4v) is 1.85. The molecule has 0 fully saturated rings. The number of nitrogens with zero attached hydrogens (tertiary/aromatic N) is 1. The average Bonchev–Trinajstić information content (AvgIpc) is 2.74. The molecule has 2 nitrogen and oxygen atoms in total. The third kappa shape index (κ3) is 1.71. The minimum atomic E-state index is 0.